The van der Waals surface area contributed by atoms with Crippen LogP contribution in [0, 0.1) is 5.21 Å². The van der Waals surface area contributed by atoms with Gasteiger partial charge in [0.25, 0.3) is 0 Å². The number of hydrogen-bond donors (Lipinski definition) is 0. The number of hydroxylamine groups is 1. The molecular weight excluding hydrogens is 322 g/mol. The number of fused-ring (bicyclic) bond motifs is 2. The molecule has 0 spiro atoms. The van der Waals surface area contributed by atoms with Gasteiger partial charge in [0, 0.05) is 31.0 Å². The van der Waals surface area contributed by atoms with Crippen molar-refractivity contribution >= 4 is 16.6 Å². The van der Waals surface area contributed by atoms with Gasteiger partial charge in [-0.25, -0.2) is 0 Å². The molecule has 0 saturated carbocycles. The van der Waals surface area contributed by atoms with Gasteiger partial charge in [0.1, 0.15) is 0 Å². The van der Waals surface area contributed by atoms with E-state index in [0.29, 0.717) is 10.3 Å². The van der Waals surface area contributed by atoms with E-state index in [2.05, 4.69) is 4.98 Å². The molecule has 3 nitrogen and oxygen atoms in total. The molecule has 4 rings (SSSR count). The fourth-order valence-electron chi connectivity index (χ4n) is 3.28. The molecular formula is C20H16F2N2O. The highest BCUT2D eigenvalue weighted by Crippen LogP contribution is 2.46. The van der Waals surface area contributed by atoms with Gasteiger partial charge < -0.3 is 5.21 Å². The van der Waals surface area contributed by atoms with E-state index in [9.17, 15) is 14.0 Å². The van der Waals surface area contributed by atoms with E-state index < -0.39 is 11.5 Å². The number of benzene rings is 2. The average molecular weight is 338 g/mol. The van der Waals surface area contributed by atoms with Crippen LogP contribution in [0.15, 0.2) is 60.8 Å². The van der Waals surface area contributed by atoms with Gasteiger partial charge in [0.2, 0.25) is 11.3 Å². The Morgan fingerprint density at radius 2 is 1.68 bits per heavy atom. The first-order valence-corrected chi connectivity index (χ1v) is 8.01. The molecule has 0 unspecified atom stereocenters. The highest BCUT2D eigenvalue weighted by molar-refractivity contribution is 6.12. The molecule has 3 aromatic rings. The Balaban J connectivity index is 2.04. The monoisotopic (exact) mass is 338 g/mol. The summed E-state index contributed by atoms with van der Waals surface area (Å²) in [4.78, 5) is 4.37. The summed E-state index contributed by atoms with van der Waals surface area (Å²) in [5.74, 6) is -3.26. The highest BCUT2D eigenvalue weighted by Gasteiger charge is 2.60. The Hall–Kier alpha value is -2.82. The zero-order valence-electron chi connectivity index (χ0n) is 13.8. The Kier molecular flexibility index (Phi) is 3.19. The van der Waals surface area contributed by atoms with Crippen LogP contribution in [0.3, 0.4) is 0 Å². The second-order valence-electron chi connectivity index (χ2n) is 6.74. The number of nitrogens with zero attached hydrogens (tertiary/aromatic N) is 2. The van der Waals surface area contributed by atoms with E-state index in [1.165, 1.54) is 19.9 Å². The molecule has 1 aromatic heterocycles. The number of halogens is 2. The molecule has 0 saturated heterocycles. The lowest BCUT2D eigenvalue weighted by molar-refractivity contribution is -0.578. The number of alkyl halides is 2. The van der Waals surface area contributed by atoms with Crippen molar-refractivity contribution in [3.63, 3.8) is 0 Å². The number of para-hydroxylation sites is 1. The van der Waals surface area contributed by atoms with E-state index in [-0.39, 0.29) is 16.8 Å². The zero-order valence-corrected chi connectivity index (χ0v) is 13.8. The largest absolute Gasteiger partial charge is 0.623 e. The topological polar surface area (TPSA) is 39.0 Å². The van der Waals surface area contributed by atoms with Crippen molar-refractivity contribution in [2.45, 2.75) is 25.3 Å². The first-order valence-electron chi connectivity index (χ1n) is 8.01. The molecule has 1 aliphatic rings. The van der Waals surface area contributed by atoms with Gasteiger partial charge in [-0.1, -0.05) is 36.4 Å². The first-order chi connectivity index (χ1) is 11.8. The van der Waals surface area contributed by atoms with Crippen molar-refractivity contribution in [1.82, 2.24) is 4.98 Å². The van der Waals surface area contributed by atoms with Gasteiger partial charge in [-0.05, 0) is 18.2 Å². The molecule has 2 heterocycles. The summed E-state index contributed by atoms with van der Waals surface area (Å²) in [5.41, 5.74) is -0.232. The van der Waals surface area contributed by atoms with Crippen molar-refractivity contribution in [2.75, 3.05) is 0 Å². The van der Waals surface area contributed by atoms with Crippen molar-refractivity contribution in [3.8, 4) is 0 Å². The molecule has 0 N–H and O–H groups in total. The third-order valence-electron chi connectivity index (χ3n) is 4.86. The molecule has 126 valence electrons. The van der Waals surface area contributed by atoms with Gasteiger partial charge in [0.15, 0.2) is 0 Å². The van der Waals surface area contributed by atoms with Crippen LogP contribution in [0.1, 0.15) is 30.5 Å². The molecule has 0 fully saturated rings. The van der Waals surface area contributed by atoms with Crippen LogP contribution < -0.4 is 0 Å². The summed E-state index contributed by atoms with van der Waals surface area (Å²) in [6, 6.07) is 15.5. The Morgan fingerprint density at radius 3 is 2.48 bits per heavy atom. The molecule has 25 heavy (non-hydrogen) atoms. The van der Waals surface area contributed by atoms with Crippen LogP contribution in [-0.4, -0.2) is 21.0 Å². The van der Waals surface area contributed by atoms with E-state index in [1.807, 2.05) is 30.3 Å². The molecule has 5 heteroatoms. The predicted molar refractivity (Wildman–Crippen MR) is 93.0 cm³/mol. The third kappa shape index (κ3) is 2.08. The average Bonchev–Trinajstić information content (AvgIpc) is 2.61. The smallest absolute Gasteiger partial charge is 0.337 e. The lowest BCUT2D eigenvalue weighted by atomic mass is 9.81. The fourth-order valence-corrected chi connectivity index (χ4v) is 3.28. The van der Waals surface area contributed by atoms with Gasteiger partial charge in [-0.3, -0.25) is 4.98 Å². The number of rotatable bonds is 1. The number of pyridine rings is 1. The van der Waals surface area contributed by atoms with Crippen LogP contribution in [0.25, 0.3) is 10.9 Å². The van der Waals surface area contributed by atoms with Crippen molar-refractivity contribution in [2.24, 2.45) is 0 Å². The standard InChI is InChI=1S/C20H16F2N2O/c1-19(2)20(21,22)16-9-5-4-8-15(16)18(24(19)25)14-11-13-7-3-6-10-17(13)23-12-14/h3-12H,1-2H3. The van der Waals surface area contributed by atoms with Crippen LogP contribution >= 0.6 is 0 Å². The van der Waals surface area contributed by atoms with Crippen molar-refractivity contribution < 1.29 is 13.5 Å². The second-order valence-corrected chi connectivity index (χ2v) is 6.74. The second kappa shape index (κ2) is 5.09. The molecule has 2 aromatic carbocycles. The van der Waals surface area contributed by atoms with E-state index in [0.717, 1.165) is 10.9 Å². The summed E-state index contributed by atoms with van der Waals surface area (Å²) in [6.07, 6.45) is 1.57. The number of hydrogen-bond acceptors (Lipinski definition) is 2. The van der Waals surface area contributed by atoms with Crippen LogP contribution in [-0.2, 0) is 5.92 Å². The Morgan fingerprint density at radius 1 is 1.00 bits per heavy atom. The minimum atomic E-state index is -3.26. The van der Waals surface area contributed by atoms with Crippen LogP contribution in [0.5, 0.6) is 0 Å². The predicted octanol–water partition coefficient (Wildman–Crippen LogP) is 4.47. The van der Waals surface area contributed by atoms with Gasteiger partial charge in [0.05, 0.1) is 16.6 Å². The minimum Gasteiger partial charge on any atom is -0.623 e. The van der Waals surface area contributed by atoms with Crippen molar-refractivity contribution in [1.29, 1.82) is 0 Å². The van der Waals surface area contributed by atoms with Crippen molar-refractivity contribution in [3.05, 3.63) is 82.7 Å². The maximum Gasteiger partial charge on any atom is 0.337 e. The summed E-state index contributed by atoms with van der Waals surface area (Å²) >= 11 is 0. The first kappa shape index (κ1) is 15.7. The third-order valence-corrected chi connectivity index (χ3v) is 4.86. The lowest BCUT2D eigenvalue weighted by Crippen LogP contribution is -2.54. The van der Waals surface area contributed by atoms with Gasteiger partial charge in [-0.15, -0.1) is 0 Å². The molecule has 0 amide bonds. The molecule has 0 aliphatic carbocycles. The zero-order chi connectivity index (χ0) is 17.8. The normalized spacial score (nSPS) is 18.2. The molecule has 0 bridgehead atoms. The van der Waals surface area contributed by atoms with Crippen LogP contribution in [0.4, 0.5) is 8.78 Å². The summed E-state index contributed by atoms with van der Waals surface area (Å²) in [5, 5.41) is 13.8. The molecule has 0 atom stereocenters. The summed E-state index contributed by atoms with van der Waals surface area (Å²) in [6.45, 7) is 2.54. The summed E-state index contributed by atoms with van der Waals surface area (Å²) < 4.78 is 30.2. The molecule has 0 radical (unpaired) electrons. The summed E-state index contributed by atoms with van der Waals surface area (Å²) in [7, 11) is 0. The van der Waals surface area contributed by atoms with Gasteiger partial charge >= 0.3 is 5.92 Å². The lowest BCUT2D eigenvalue weighted by Gasteiger charge is -2.38. The van der Waals surface area contributed by atoms with E-state index in [1.54, 1.807) is 24.4 Å². The molecule has 1 aliphatic heterocycles. The van der Waals surface area contributed by atoms with E-state index >= 15 is 0 Å². The fraction of sp³-hybridized carbons (Fsp3) is 0.200. The van der Waals surface area contributed by atoms with E-state index in [4.69, 9.17) is 0 Å². The number of aromatic nitrogens is 1. The van der Waals surface area contributed by atoms with Crippen LogP contribution in [0.2, 0.25) is 0 Å². The van der Waals surface area contributed by atoms with Gasteiger partial charge in [-0.2, -0.15) is 13.5 Å². The highest BCUT2D eigenvalue weighted by atomic mass is 19.3. The SMILES string of the molecule is CC1(C)[N+]([O-])=C(c2cnc3ccccc3c2)c2ccccc2C1(F)F. The maximum atomic E-state index is 14.9. The Bertz CT molecular complexity index is 1020. The quantitative estimate of drug-likeness (QED) is 0.485. The maximum absolute atomic E-state index is 14.9. The minimum absolute atomic E-state index is 0.129. The Labute approximate surface area is 143 Å².